The van der Waals surface area contributed by atoms with Crippen LogP contribution in [0.3, 0.4) is 0 Å². The van der Waals surface area contributed by atoms with Gasteiger partial charge in [0.2, 0.25) is 0 Å². The Kier molecular flexibility index (Phi) is 5.88. The fourth-order valence-corrected chi connectivity index (χ4v) is 3.14. The maximum Gasteiger partial charge on any atom is 0.159 e. The monoisotopic (exact) mass is 437 g/mol. The molecular weight excluding hydrogens is 421 g/mol. The molecular formula is C22H17Cl2N5O. The van der Waals surface area contributed by atoms with Gasteiger partial charge in [-0.05, 0) is 54.6 Å². The highest BCUT2D eigenvalue weighted by molar-refractivity contribution is 6.36. The summed E-state index contributed by atoms with van der Waals surface area (Å²) in [6, 6.07) is 22.2. The van der Waals surface area contributed by atoms with Gasteiger partial charge in [-0.15, -0.1) is 0 Å². The molecule has 8 heteroatoms. The Bertz CT molecular complexity index is 1150. The van der Waals surface area contributed by atoms with Gasteiger partial charge in [0.05, 0.1) is 10.7 Å². The first-order valence-electron chi connectivity index (χ1n) is 9.01. The average molecular weight is 438 g/mol. The normalized spacial score (nSPS) is 10.5. The van der Waals surface area contributed by atoms with E-state index in [1.54, 1.807) is 18.2 Å². The van der Waals surface area contributed by atoms with E-state index in [0.29, 0.717) is 33.1 Å². The summed E-state index contributed by atoms with van der Waals surface area (Å²) in [5.74, 6) is 2.40. The van der Waals surface area contributed by atoms with E-state index in [4.69, 9.17) is 33.7 Å². The zero-order chi connectivity index (χ0) is 20.9. The van der Waals surface area contributed by atoms with E-state index < -0.39 is 0 Å². The van der Waals surface area contributed by atoms with Gasteiger partial charge < -0.3 is 21.1 Å². The van der Waals surface area contributed by atoms with Crippen molar-refractivity contribution in [1.29, 1.82) is 0 Å². The number of para-hydroxylation sites is 1. The number of hydrogen-bond acceptors (Lipinski definition) is 6. The number of nitrogens with two attached hydrogens (primary N) is 1. The molecule has 0 atom stereocenters. The Morgan fingerprint density at radius 1 is 0.767 bits per heavy atom. The van der Waals surface area contributed by atoms with Crippen molar-refractivity contribution in [3.05, 3.63) is 89.2 Å². The van der Waals surface area contributed by atoms with E-state index in [1.807, 2.05) is 54.6 Å². The number of hydrogen-bond donors (Lipinski definition) is 3. The summed E-state index contributed by atoms with van der Waals surface area (Å²) in [5.41, 5.74) is 8.04. The summed E-state index contributed by atoms with van der Waals surface area (Å²) >= 11 is 12.2. The number of nitrogen functional groups attached to an aromatic ring is 1. The van der Waals surface area contributed by atoms with Gasteiger partial charge in [0.1, 0.15) is 23.5 Å². The molecule has 1 heterocycles. The number of rotatable bonds is 6. The predicted molar refractivity (Wildman–Crippen MR) is 122 cm³/mol. The lowest BCUT2D eigenvalue weighted by molar-refractivity contribution is 0.483. The number of nitrogens with one attached hydrogen (secondary N) is 2. The Morgan fingerprint density at radius 3 is 2.13 bits per heavy atom. The van der Waals surface area contributed by atoms with Crippen LogP contribution >= 0.6 is 23.2 Å². The van der Waals surface area contributed by atoms with Gasteiger partial charge in [-0.3, -0.25) is 0 Å². The molecule has 150 valence electrons. The van der Waals surface area contributed by atoms with Crippen molar-refractivity contribution in [3.8, 4) is 11.5 Å². The van der Waals surface area contributed by atoms with E-state index in [-0.39, 0.29) is 0 Å². The molecule has 0 fully saturated rings. The van der Waals surface area contributed by atoms with Crippen LogP contribution in [0.5, 0.6) is 11.5 Å². The first-order chi connectivity index (χ1) is 14.6. The molecule has 3 aromatic carbocycles. The van der Waals surface area contributed by atoms with Crippen LogP contribution in [0.25, 0.3) is 0 Å². The maximum atomic E-state index is 6.25. The van der Waals surface area contributed by atoms with Crippen molar-refractivity contribution in [3.63, 3.8) is 0 Å². The molecule has 0 aliphatic heterocycles. The van der Waals surface area contributed by atoms with Gasteiger partial charge in [-0.25, -0.2) is 9.97 Å². The fraction of sp³-hybridized carbons (Fsp3) is 0. The van der Waals surface area contributed by atoms with E-state index in [0.717, 1.165) is 17.2 Å². The third-order valence-electron chi connectivity index (χ3n) is 4.16. The SMILES string of the molecule is Nc1c(Nc2ccc(Oc3ccccc3)cc2)ncnc1Nc1ccc(Cl)cc1Cl. The Hall–Kier alpha value is -3.48. The second-order valence-corrected chi connectivity index (χ2v) is 7.14. The van der Waals surface area contributed by atoms with Crippen LogP contribution < -0.4 is 21.1 Å². The summed E-state index contributed by atoms with van der Waals surface area (Å²) in [4.78, 5) is 8.43. The van der Waals surface area contributed by atoms with Crippen molar-refractivity contribution in [2.75, 3.05) is 16.4 Å². The number of nitrogens with zero attached hydrogens (tertiary/aromatic N) is 2. The van der Waals surface area contributed by atoms with E-state index in [9.17, 15) is 0 Å². The quantitative estimate of drug-likeness (QED) is 0.313. The van der Waals surface area contributed by atoms with Crippen LogP contribution in [0.4, 0.5) is 28.7 Å². The highest BCUT2D eigenvalue weighted by Gasteiger charge is 2.11. The van der Waals surface area contributed by atoms with Crippen molar-refractivity contribution in [2.45, 2.75) is 0 Å². The predicted octanol–water partition coefficient (Wildman–Crippen LogP) is 6.65. The lowest BCUT2D eigenvalue weighted by Gasteiger charge is -2.14. The largest absolute Gasteiger partial charge is 0.457 e. The molecule has 0 amide bonds. The summed E-state index contributed by atoms with van der Waals surface area (Å²) in [6.45, 7) is 0. The van der Waals surface area contributed by atoms with Gasteiger partial charge in [-0.2, -0.15) is 0 Å². The minimum absolute atomic E-state index is 0.355. The number of benzene rings is 3. The molecule has 4 rings (SSSR count). The summed E-state index contributed by atoms with van der Waals surface area (Å²) in [6.07, 6.45) is 1.41. The first-order valence-corrected chi connectivity index (χ1v) is 9.76. The molecule has 0 spiro atoms. The molecule has 4 aromatic rings. The third kappa shape index (κ3) is 4.74. The highest BCUT2D eigenvalue weighted by Crippen LogP contribution is 2.32. The van der Waals surface area contributed by atoms with Gasteiger partial charge in [0, 0.05) is 10.7 Å². The van der Waals surface area contributed by atoms with E-state index in [1.165, 1.54) is 6.33 Å². The van der Waals surface area contributed by atoms with E-state index in [2.05, 4.69) is 20.6 Å². The third-order valence-corrected chi connectivity index (χ3v) is 4.71. The van der Waals surface area contributed by atoms with Gasteiger partial charge in [0.25, 0.3) is 0 Å². The minimum Gasteiger partial charge on any atom is -0.457 e. The fourth-order valence-electron chi connectivity index (χ4n) is 2.68. The van der Waals surface area contributed by atoms with Crippen molar-refractivity contribution in [1.82, 2.24) is 9.97 Å². The topological polar surface area (TPSA) is 85.1 Å². The molecule has 4 N–H and O–H groups in total. The number of aromatic nitrogens is 2. The summed E-state index contributed by atoms with van der Waals surface area (Å²) < 4.78 is 5.80. The molecule has 1 aromatic heterocycles. The lowest BCUT2D eigenvalue weighted by Crippen LogP contribution is -2.05. The first kappa shape index (κ1) is 19.8. The number of anilines is 5. The number of ether oxygens (including phenoxy) is 1. The van der Waals surface area contributed by atoms with Crippen LogP contribution in [-0.4, -0.2) is 9.97 Å². The maximum absolute atomic E-state index is 6.25. The van der Waals surface area contributed by atoms with Crippen LogP contribution in [0, 0.1) is 0 Å². The van der Waals surface area contributed by atoms with Crippen LogP contribution in [0.1, 0.15) is 0 Å². The lowest BCUT2D eigenvalue weighted by atomic mass is 10.3. The summed E-state index contributed by atoms with van der Waals surface area (Å²) in [7, 11) is 0. The molecule has 6 nitrogen and oxygen atoms in total. The summed E-state index contributed by atoms with van der Waals surface area (Å²) in [5, 5.41) is 7.30. The van der Waals surface area contributed by atoms with Crippen molar-refractivity contribution >= 4 is 51.9 Å². The molecule has 0 aliphatic rings. The molecule has 0 aliphatic carbocycles. The van der Waals surface area contributed by atoms with E-state index >= 15 is 0 Å². The van der Waals surface area contributed by atoms with Crippen LogP contribution in [0.15, 0.2) is 79.1 Å². The van der Waals surface area contributed by atoms with Gasteiger partial charge in [-0.1, -0.05) is 41.4 Å². The average Bonchev–Trinajstić information content (AvgIpc) is 2.75. The Morgan fingerprint density at radius 2 is 1.43 bits per heavy atom. The molecule has 0 saturated heterocycles. The van der Waals surface area contributed by atoms with Gasteiger partial charge >= 0.3 is 0 Å². The second kappa shape index (κ2) is 8.90. The van der Waals surface area contributed by atoms with Crippen molar-refractivity contribution < 1.29 is 4.74 Å². The highest BCUT2D eigenvalue weighted by atomic mass is 35.5. The molecule has 0 bridgehead atoms. The zero-order valence-electron chi connectivity index (χ0n) is 15.6. The van der Waals surface area contributed by atoms with Gasteiger partial charge in [0.15, 0.2) is 11.6 Å². The number of halogens is 2. The minimum atomic E-state index is 0.355. The Labute approximate surface area is 183 Å². The molecule has 30 heavy (non-hydrogen) atoms. The molecule has 0 unspecified atom stereocenters. The van der Waals surface area contributed by atoms with Crippen molar-refractivity contribution in [2.24, 2.45) is 0 Å². The van der Waals surface area contributed by atoms with Crippen LogP contribution in [-0.2, 0) is 0 Å². The Balaban J connectivity index is 1.49. The standard InChI is InChI=1S/C22H17Cl2N5O/c23-14-6-11-19(18(24)12-14)29-22-20(25)21(26-13-27-22)28-15-7-9-17(10-8-15)30-16-4-2-1-3-5-16/h1-13H,25H2,(H2,26,27,28,29). The second-order valence-electron chi connectivity index (χ2n) is 6.30. The smallest absolute Gasteiger partial charge is 0.159 e. The molecule has 0 radical (unpaired) electrons. The van der Waals surface area contributed by atoms with Crippen LogP contribution in [0.2, 0.25) is 10.0 Å². The molecule has 0 saturated carbocycles. The zero-order valence-corrected chi connectivity index (χ0v) is 17.2.